The van der Waals surface area contributed by atoms with Crippen molar-refractivity contribution in [2.45, 2.75) is 77.5 Å². The highest BCUT2D eigenvalue weighted by atomic mass is 31.0. The first kappa shape index (κ1) is 17.2. The van der Waals surface area contributed by atoms with Gasteiger partial charge in [-0.25, -0.2) is 0 Å². The Kier molecular flexibility index (Phi) is 4.05. The van der Waals surface area contributed by atoms with E-state index in [9.17, 15) is 9.90 Å². The monoisotopic (exact) mass is 348 g/mol. The summed E-state index contributed by atoms with van der Waals surface area (Å²) >= 11 is 0. The van der Waals surface area contributed by atoms with E-state index in [2.05, 4.69) is 29.2 Å². The first-order valence-electron chi connectivity index (χ1n) is 9.91. The molecule has 24 heavy (non-hydrogen) atoms. The molecule has 1 N–H and O–H groups in total. The molecule has 0 radical (unpaired) electrons. The van der Waals surface area contributed by atoms with Gasteiger partial charge in [0.05, 0.1) is 6.10 Å². The van der Waals surface area contributed by atoms with Gasteiger partial charge in [-0.1, -0.05) is 25.5 Å². The van der Waals surface area contributed by atoms with Crippen LogP contribution in [0.4, 0.5) is 0 Å². The van der Waals surface area contributed by atoms with Crippen molar-refractivity contribution in [3.63, 3.8) is 0 Å². The Bertz CT molecular complexity index is 584. The normalized spacial score (nSPS) is 53.6. The summed E-state index contributed by atoms with van der Waals surface area (Å²) < 4.78 is 0. The zero-order valence-corrected chi connectivity index (χ0v) is 16.6. The maximum absolute atomic E-state index is 12.3. The number of hydrogen-bond acceptors (Lipinski definition) is 2. The fourth-order valence-electron chi connectivity index (χ4n) is 7.58. The Morgan fingerprint density at radius 3 is 2.75 bits per heavy atom. The second-order valence-corrected chi connectivity index (χ2v) is 10.5. The van der Waals surface area contributed by atoms with Crippen molar-refractivity contribution < 1.29 is 9.90 Å². The molecule has 134 valence electrons. The van der Waals surface area contributed by atoms with Crippen LogP contribution in [0, 0.1) is 34.5 Å². The highest BCUT2D eigenvalue weighted by Crippen LogP contribution is 2.67. The molecule has 9 atom stereocenters. The molecular formula is C21H33O2P. The predicted molar refractivity (Wildman–Crippen MR) is 101 cm³/mol. The summed E-state index contributed by atoms with van der Waals surface area (Å²) in [5, 5.41) is 10.1. The van der Waals surface area contributed by atoms with E-state index < -0.39 is 0 Å². The number of aliphatic hydroxyl groups excluding tert-OH is 1. The van der Waals surface area contributed by atoms with Crippen molar-refractivity contribution in [3.05, 3.63) is 11.6 Å². The predicted octanol–water partition coefficient (Wildman–Crippen LogP) is 4.37. The second kappa shape index (κ2) is 5.65. The van der Waals surface area contributed by atoms with Crippen LogP contribution in [0.3, 0.4) is 0 Å². The number of carbonyl (C=O) groups excluding carboxylic acids is 1. The van der Waals surface area contributed by atoms with Crippen LogP contribution < -0.4 is 0 Å². The largest absolute Gasteiger partial charge is 0.393 e. The van der Waals surface area contributed by atoms with E-state index in [1.807, 2.05) is 6.92 Å². The summed E-state index contributed by atoms with van der Waals surface area (Å²) in [7, 11) is 3.18. The Morgan fingerprint density at radius 2 is 2.04 bits per heavy atom. The maximum Gasteiger partial charge on any atom is 0.133 e. The van der Waals surface area contributed by atoms with Crippen LogP contribution in [0.25, 0.3) is 0 Å². The van der Waals surface area contributed by atoms with Gasteiger partial charge < -0.3 is 5.11 Å². The Hall–Kier alpha value is -0.200. The standard InChI is InChI=1S/C21H33O2P/c1-12(22)16-6-7-17-15-5-4-13-10-14(23)8-9-20(13,2)19(15)18(24)11-21(16,17)3/h4,14-19,23H,5-11,24H2,1-3H3/t14-,15?,16+,17-,18+,19+,20?,21?/m0/s1. The second-order valence-electron chi connectivity index (χ2n) is 9.69. The molecule has 0 aliphatic heterocycles. The summed E-state index contributed by atoms with van der Waals surface area (Å²) in [4.78, 5) is 12.3. The Labute approximate surface area is 149 Å². The average molecular weight is 348 g/mol. The summed E-state index contributed by atoms with van der Waals surface area (Å²) in [6, 6.07) is 0. The molecule has 0 bridgehead atoms. The number of carbonyl (C=O) groups is 1. The lowest BCUT2D eigenvalue weighted by Gasteiger charge is -2.60. The number of aliphatic hydroxyl groups is 1. The lowest BCUT2D eigenvalue weighted by atomic mass is 9.47. The molecule has 0 aromatic heterocycles. The van der Waals surface area contributed by atoms with Gasteiger partial charge in [0.25, 0.3) is 0 Å². The van der Waals surface area contributed by atoms with Crippen LogP contribution in [0.5, 0.6) is 0 Å². The van der Waals surface area contributed by atoms with Crippen LogP contribution in [-0.2, 0) is 4.79 Å². The number of hydrogen-bond donors (Lipinski definition) is 1. The summed E-state index contributed by atoms with van der Waals surface area (Å²) in [5.74, 6) is 2.82. The molecule has 4 unspecified atom stereocenters. The molecule has 0 saturated heterocycles. The van der Waals surface area contributed by atoms with E-state index in [0.29, 0.717) is 23.3 Å². The van der Waals surface area contributed by atoms with Gasteiger partial charge in [-0.2, -0.15) is 0 Å². The smallest absolute Gasteiger partial charge is 0.133 e. The first-order valence-corrected chi connectivity index (χ1v) is 10.6. The number of rotatable bonds is 1. The highest BCUT2D eigenvalue weighted by molar-refractivity contribution is 7.17. The molecule has 0 amide bonds. The average Bonchev–Trinajstić information content (AvgIpc) is 2.84. The zero-order chi connectivity index (χ0) is 17.3. The molecule has 4 rings (SSSR count). The van der Waals surface area contributed by atoms with Crippen LogP contribution in [0.1, 0.15) is 65.7 Å². The molecule has 0 heterocycles. The van der Waals surface area contributed by atoms with Gasteiger partial charge in [-0.15, -0.1) is 9.24 Å². The molecule has 0 aromatic rings. The van der Waals surface area contributed by atoms with Crippen molar-refractivity contribution in [3.8, 4) is 0 Å². The highest BCUT2D eigenvalue weighted by Gasteiger charge is 2.61. The lowest BCUT2D eigenvalue weighted by Crippen LogP contribution is -2.55. The summed E-state index contributed by atoms with van der Waals surface area (Å²) in [5.41, 5.74) is 2.60. The van der Waals surface area contributed by atoms with E-state index in [1.54, 1.807) is 0 Å². The Balaban J connectivity index is 1.71. The van der Waals surface area contributed by atoms with Gasteiger partial charge in [0.15, 0.2) is 0 Å². The third-order valence-corrected chi connectivity index (χ3v) is 9.22. The minimum Gasteiger partial charge on any atom is -0.393 e. The number of allylic oxidation sites excluding steroid dienone is 1. The van der Waals surface area contributed by atoms with Crippen molar-refractivity contribution >= 4 is 15.0 Å². The maximum atomic E-state index is 12.3. The molecule has 3 heteroatoms. The fraction of sp³-hybridized carbons (Fsp3) is 0.857. The van der Waals surface area contributed by atoms with Crippen molar-refractivity contribution in [1.82, 2.24) is 0 Å². The molecule has 0 spiro atoms. The van der Waals surface area contributed by atoms with Gasteiger partial charge in [0.1, 0.15) is 5.78 Å². The van der Waals surface area contributed by atoms with Gasteiger partial charge >= 0.3 is 0 Å². The van der Waals surface area contributed by atoms with E-state index in [-0.39, 0.29) is 22.9 Å². The van der Waals surface area contributed by atoms with Crippen molar-refractivity contribution in [2.75, 3.05) is 0 Å². The van der Waals surface area contributed by atoms with E-state index in [0.717, 1.165) is 38.0 Å². The van der Waals surface area contributed by atoms with Crippen molar-refractivity contribution in [1.29, 1.82) is 0 Å². The van der Waals surface area contributed by atoms with Crippen LogP contribution in [-0.4, -0.2) is 22.7 Å². The SMILES string of the molecule is CC(=O)[C@H]1CC[C@H]2C3CC=C4C[C@@H](O)CCC4(C)[C@H]3[C@H](P)CC12C. The van der Waals surface area contributed by atoms with Crippen LogP contribution in [0.2, 0.25) is 0 Å². The number of Topliss-reactive ketones (excluding diaryl/α,β-unsaturated/α-hetero) is 1. The molecule has 3 fully saturated rings. The van der Waals surface area contributed by atoms with Crippen molar-refractivity contribution in [2.24, 2.45) is 34.5 Å². The summed E-state index contributed by atoms with van der Waals surface area (Å²) in [6.07, 6.45) is 9.99. The van der Waals surface area contributed by atoms with Gasteiger partial charge in [0.2, 0.25) is 0 Å². The third kappa shape index (κ3) is 2.25. The topological polar surface area (TPSA) is 37.3 Å². The zero-order valence-electron chi connectivity index (χ0n) is 15.4. The van der Waals surface area contributed by atoms with Crippen LogP contribution in [0.15, 0.2) is 11.6 Å². The molecule has 4 aliphatic rings. The number of ketones is 1. The summed E-state index contributed by atoms with van der Waals surface area (Å²) in [6.45, 7) is 6.69. The minimum absolute atomic E-state index is 0.133. The van der Waals surface area contributed by atoms with Gasteiger partial charge in [-0.3, -0.25) is 4.79 Å². The van der Waals surface area contributed by atoms with E-state index >= 15 is 0 Å². The minimum atomic E-state index is -0.133. The Morgan fingerprint density at radius 1 is 1.29 bits per heavy atom. The molecule has 3 saturated carbocycles. The first-order chi connectivity index (χ1) is 11.3. The molecule has 2 nitrogen and oxygen atoms in total. The quantitative estimate of drug-likeness (QED) is 0.564. The molecule has 4 aliphatic carbocycles. The van der Waals surface area contributed by atoms with Crippen LogP contribution >= 0.6 is 9.24 Å². The van der Waals surface area contributed by atoms with E-state index in [4.69, 9.17) is 0 Å². The lowest BCUT2D eigenvalue weighted by molar-refractivity contribution is -0.127. The number of fused-ring (bicyclic) bond motifs is 5. The van der Waals surface area contributed by atoms with Gasteiger partial charge in [-0.05, 0) is 86.1 Å². The third-order valence-electron chi connectivity index (χ3n) is 8.57. The van der Waals surface area contributed by atoms with E-state index in [1.165, 1.54) is 18.4 Å². The van der Waals surface area contributed by atoms with Gasteiger partial charge in [0, 0.05) is 5.92 Å². The molecule has 0 aromatic carbocycles. The fourth-order valence-corrected chi connectivity index (χ4v) is 8.80. The molecular weight excluding hydrogens is 315 g/mol.